The third-order valence-corrected chi connectivity index (χ3v) is 10.4. The summed E-state index contributed by atoms with van der Waals surface area (Å²) in [6.45, 7) is 2.90. The van der Waals surface area contributed by atoms with Gasteiger partial charge in [0.05, 0.1) is 19.2 Å². The van der Waals surface area contributed by atoms with Crippen molar-refractivity contribution in [3.63, 3.8) is 0 Å². The monoisotopic (exact) mass is 884 g/mol. The Kier molecular flexibility index (Phi) is 22.1. The van der Waals surface area contributed by atoms with Gasteiger partial charge in [-0.1, -0.05) is 13.8 Å². The summed E-state index contributed by atoms with van der Waals surface area (Å²) in [4.78, 5) is 108. The highest BCUT2D eigenvalue weighted by Gasteiger charge is 2.44. The third-order valence-electron chi connectivity index (χ3n) is 9.99. The highest BCUT2D eigenvalue weighted by molar-refractivity contribution is 7.80. The van der Waals surface area contributed by atoms with Crippen LogP contribution in [-0.4, -0.2) is 167 Å². The van der Waals surface area contributed by atoms with Crippen LogP contribution in [0.2, 0.25) is 0 Å². The quantitative estimate of drug-likeness (QED) is 0.0177. The Bertz CT molecular complexity index is 1590. The molecule has 0 unspecified atom stereocenters. The van der Waals surface area contributed by atoms with E-state index < -0.39 is 103 Å². The van der Waals surface area contributed by atoms with Gasteiger partial charge < -0.3 is 74.4 Å². The summed E-state index contributed by atoms with van der Waals surface area (Å²) in [5.41, 5.74) is 16.4. The predicted octanol–water partition coefficient (Wildman–Crippen LogP) is -5.07. The molecule has 2 aliphatic rings. The molecule has 25 heteroatoms. The Labute approximate surface area is 359 Å². The molecule has 2 saturated heterocycles. The number of carbonyl (C=O) groups is 8. The number of nitrogens with one attached hydrogen (secondary N) is 9. The van der Waals surface area contributed by atoms with E-state index in [1.54, 1.807) is 13.8 Å². The summed E-state index contributed by atoms with van der Waals surface area (Å²) in [5, 5.41) is 51.6. The Morgan fingerprint density at radius 1 is 0.738 bits per heavy atom. The molecule has 0 bridgehead atoms. The molecule has 7 atom stereocenters. The molecule has 0 aromatic heterocycles. The van der Waals surface area contributed by atoms with Gasteiger partial charge in [-0.3, -0.25) is 44.4 Å². The minimum absolute atomic E-state index is 0.0125. The molecule has 0 radical (unpaired) electrons. The van der Waals surface area contributed by atoms with E-state index in [4.69, 9.17) is 28.0 Å². The normalized spacial score (nSPS) is 18.5. The Morgan fingerprint density at radius 3 is 1.84 bits per heavy atom. The number of rotatable bonds is 25. The summed E-state index contributed by atoms with van der Waals surface area (Å²) in [5.74, 6) is -6.84. The van der Waals surface area contributed by atoms with Gasteiger partial charge in [0.2, 0.25) is 41.4 Å². The lowest BCUT2D eigenvalue weighted by Gasteiger charge is -2.33. The number of carbonyl (C=O) groups excluding carboxylic acids is 7. The Balaban J connectivity index is 2.09. The van der Waals surface area contributed by atoms with Crippen molar-refractivity contribution in [2.24, 2.45) is 23.1 Å². The third kappa shape index (κ3) is 17.2. The fourth-order valence-electron chi connectivity index (χ4n) is 6.89. The lowest BCUT2D eigenvalue weighted by atomic mass is 10.0. The van der Waals surface area contributed by atoms with E-state index in [1.165, 1.54) is 9.80 Å². The van der Waals surface area contributed by atoms with Crippen molar-refractivity contribution < 1.29 is 48.6 Å². The van der Waals surface area contributed by atoms with Gasteiger partial charge >= 0.3 is 5.97 Å². The van der Waals surface area contributed by atoms with Crippen LogP contribution in [0.1, 0.15) is 71.6 Å². The largest absolute Gasteiger partial charge is 0.480 e. The van der Waals surface area contributed by atoms with Crippen molar-refractivity contribution >= 4 is 71.9 Å². The van der Waals surface area contributed by atoms with E-state index in [1.807, 2.05) is 0 Å². The molecule has 2 fully saturated rings. The summed E-state index contributed by atoms with van der Waals surface area (Å²) in [7, 11) is 0. The molecule has 2 aliphatic heterocycles. The van der Waals surface area contributed by atoms with Gasteiger partial charge in [-0.25, -0.2) is 4.79 Å². The van der Waals surface area contributed by atoms with Crippen LogP contribution in [0.15, 0.2) is 0 Å². The zero-order valence-electron chi connectivity index (χ0n) is 34.7. The van der Waals surface area contributed by atoms with Crippen molar-refractivity contribution in [2.45, 2.75) is 114 Å². The molecule has 0 spiro atoms. The predicted molar refractivity (Wildman–Crippen MR) is 225 cm³/mol. The number of amides is 7. The Hall–Kier alpha value is -5.43. The first-order valence-corrected chi connectivity index (χ1v) is 20.9. The molecule has 0 aliphatic carbocycles. The average molecular weight is 885 g/mol. The molecule has 24 nitrogen and oxygen atoms in total. The number of likely N-dealkylation sites (tertiary alicyclic amines) is 2. The number of carboxylic acids is 1. The maximum absolute atomic E-state index is 14.1. The van der Waals surface area contributed by atoms with E-state index in [-0.39, 0.29) is 81.9 Å². The van der Waals surface area contributed by atoms with Crippen LogP contribution in [0.4, 0.5) is 0 Å². The number of aliphatic carboxylic acids is 1. The number of nitrogens with zero attached hydrogens (tertiary/aromatic N) is 2. The van der Waals surface area contributed by atoms with Crippen LogP contribution in [0, 0.1) is 16.7 Å². The molecule has 0 saturated carbocycles. The number of nitrogens with two attached hydrogens (primary N) is 3. The maximum Gasteiger partial charge on any atom is 0.326 e. The van der Waals surface area contributed by atoms with Crippen molar-refractivity contribution in [1.29, 1.82) is 10.8 Å². The number of carboxylic acid groups (broad SMARTS) is 1. The van der Waals surface area contributed by atoms with Crippen LogP contribution < -0.4 is 54.4 Å². The molecule has 2 rings (SSSR count). The van der Waals surface area contributed by atoms with E-state index in [9.17, 15) is 48.6 Å². The molecule has 0 aromatic carbocycles. The highest BCUT2D eigenvalue weighted by Crippen LogP contribution is 2.26. The molecular formula is C36H64N14O10S. The second kappa shape index (κ2) is 26.0. The number of guanidine groups is 2. The molecule has 2 heterocycles. The standard InChI is InChI=1S/C36H64N14O10S/c1-19(2)15-23(29(54)44-16-27(52)45-22(34(59)60)8-4-12-43-36(40)41)47-30(55)24(17-51)48-31(56)25-9-5-13-49(25)33(58)26-10-6-14-50(26)32(57)21(7-3-11-42-35(38)39)46-28(53)20(37)18-61/h19-26,51,61H,3-18,37H2,1-2H3,(H,44,54)(H,45,52)(H,46,53)(H,47,55)(H,48,56)(H,59,60)(H4,38,39,42)(H4,40,41,43)/t20-,21-,22-,23-,24-,25-,26-/m0/s1. The summed E-state index contributed by atoms with van der Waals surface area (Å²) in [6, 6.07) is -8.09. The van der Waals surface area contributed by atoms with Crippen LogP contribution in [-0.2, 0) is 38.4 Å². The zero-order chi connectivity index (χ0) is 45.8. The number of hydrogen-bond donors (Lipinski definition) is 15. The lowest BCUT2D eigenvalue weighted by Crippen LogP contribution is -2.59. The van der Waals surface area contributed by atoms with Crippen LogP contribution in [0.25, 0.3) is 0 Å². The molecule has 344 valence electrons. The molecule has 7 amide bonds. The van der Waals surface area contributed by atoms with Crippen molar-refractivity contribution in [3.05, 3.63) is 0 Å². The fourth-order valence-corrected chi connectivity index (χ4v) is 7.06. The van der Waals surface area contributed by atoms with Crippen molar-refractivity contribution in [1.82, 2.24) is 47.0 Å². The van der Waals surface area contributed by atoms with Gasteiger partial charge in [0.25, 0.3) is 0 Å². The highest BCUT2D eigenvalue weighted by atomic mass is 32.1. The summed E-state index contributed by atoms with van der Waals surface area (Å²) >= 11 is 4.06. The summed E-state index contributed by atoms with van der Waals surface area (Å²) in [6.07, 6.45) is 2.27. The van der Waals surface area contributed by atoms with Gasteiger partial charge in [0.15, 0.2) is 11.9 Å². The minimum Gasteiger partial charge on any atom is -0.480 e. The van der Waals surface area contributed by atoms with Crippen molar-refractivity contribution in [2.75, 3.05) is 45.1 Å². The SMILES string of the molecule is CC(C)C[C@H](NC(=O)[C@H](CO)NC(=O)[C@@H]1CCCN1C(=O)[C@@H]1CCCN1C(=O)[C@H](CCCNC(=N)N)NC(=O)[C@@H](N)CS)C(=O)NCC(=O)N[C@@H](CCCNC(=N)N)C(=O)O. The van der Waals surface area contributed by atoms with E-state index >= 15 is 0 Å². The van der Waals surface area contributed by atoms with Gasteiger partial charge in [0, 0.05) is 31.9 Å². The summed E-state index contributed by atoms with van der Waals surface area (Å²) < 4.78 is 0. The number of thiol groups is 1. The zero-order valence-corrected chi connectivity index (χ0v) is 35.6. The molecule has 17 N–H and O–H groups in total. The maximum atomic E-state index is 14.1. The van der Waals surface area contributed by atoms with Gasteiger partial charge in [-0.05, 0) is 63.7 Å². The van der Waals surface area contributed by atoms with E-state index in [0.717, 1.165) is 0 Å². The van der Waals surface area contributed by atoms with E-state index in [0.29, 0.717) is 25.7 Å². The molecule has 0 aromatic rings. The minimum atomic E-state index is -1.54. The van der Waals surface area contributed by atoms with Crippen molar-refractivity contribution in [3.8, 4) is 0 Å². The first kappa shape index (κ1) is 51.7. The first-order valence-electron chi connectivity index (χ1n) is 20.3. The Morgan fingerprint density at radius 2 is 1.30 bits per heavy atom. The second-order valence-electron chi connectivity index (χ2n) is 15.3. The average Bonchev–Trinajstić information content (AvgIpc) is 3.91. The molecule has 61 heavy (non-hydrogen) atoms. The van der Waals surface area contributed by atoms with Crippen LogP contribution in [0.3, 0.4) is 0 Å². The van der Waals surface area contributed by atoms with E-state index in [2.05, 4.69) is 49.8 Å². The second-order valence-corrected chi connectivity index (χ2v) is 15.7. The fraction of sp³-hybridized carbons (Fsp3) is 0.722. The number of aliphatic hydroxyl groups is 1. The van der Waals surface area contributed by atoms with Crippen LogP contribution in [0.5, 0.6) is 0 Å². The number of hydrogen-bond acceptors (Lipinski definition) is 13. The molecular weight excluding hydrogens is 821 g/mol. The van der Waals surface area contributed by atoms with Gasteiger partial charge in [0.1, 0.15) is 36.3 Å². The lowest BCUT2D eigenvalue weighted by molar-refractivity contribution is -0.148. The van der Waals surface area contributed by atoms with Gasteiger partial charge in [-0.2, -0.15) is 12.6 Å². The topological polar surface area (TPSA) is 393 Å². The number of aliphatic hydroxyl groups excluding tert-OH is 1. The first-order chi connectivity index (χ1) is 28.8. The smallest absolute Gasteiger partial charge is 0.326 e. The van der Waals surface area contributed by atoms with Crippen LogP contribution >= 0.6 is 12.6 Å². The van der Waals surface area contributed by atoms with Gasteiger partial charge in [-0.15, -0.1) is 0 Å².